The van der Waals surface area contributed by atoms with Crippen LogP contribution in [0.15, 0.2) is 48.8 Å². The van der Waals surface area contributed by atoms with Crippen LogP contribution in [0.3, 0.4) is 0 Å². The normalized spacial score (nSPS) is 15.3. The van der Waals surface area contributed by atoms with Crippen molar-refractivity contribution in [2.75, 3.05) is 33.3 Å². The molecule has 7 heteroatoms. The maximum atomic E-state index is 12.6. The second-order valence-electron chi connectivity index (χ2n) is 5.65. The van der Waals surface area contributed by atoms with Crippen LogP contribution in [0, 0.1) is 0 Å². The molecule has 1 aliphatic heterocycles. The first-order valence-corrected chi connectivity index (χ1v) is 8.23. The van der Waals surface area contributed by atoms with Gasteiger partial charge in [-0.1, -0.05) is 0 Å². The molecule has 132 valence electrons. The molecule has 2 N–H and O–H groups in total. The summed E-state index contributed by atoms with van der Waals surface area (Å²) in [7, 11) is 1.62. The van der Waals surface area contributed by atoms with Gasteiger partial charge in [0, 0.05) is 37.9 Å². The Hall–Kier alpha value is -2.80. The molecule has 1 fully saturated rings. The van der Waals surface area contributed by atoms with Gasteiger partial charge in [0.05, 0.1) is 13.3 Å². The Balaban J connectivity index is 1.76. The fraction of sp³-hybridized carbons (Fsp3) is 0.333. The van der Waals surface area contributed by atoms with E-state index in [1.54, 1.807) is 36.5 Å². The first-order chi connectivity index (χ1) is 12.3. The molecule has 7 nitrogen and oxygen atoms in total. The number of hydrogen-bond donors (Lipinski definition) is 2. The van der Waals surface area contributed by atoms with Gasteiger partial charge in [-0.05, 0) is 36.4 Å². The molecule has 1 aromatic heterocycles. The molecule has 25 heavy (non-hydrogen) atoms. The van der Waals surface area contributed by atoms with Gasteiger partial charge >= 0.3 is 6.03 Å². The van der Waals surface area contributed by atoms with Crippen molar-refractivity contribution in [1.82, 2.24) is 20.5 Å². The van der Waals surface area contributed by atoms with E-state index >= 15 is 0 Å². The minimum atomic E-state index is -0.613. The predicted octanol–water partition coefficient (Wildman–Crippen LogP) is 1.78. The lowest BCUT2D eigenvalue weighted by molar-refractivity contribution is 0.139. The van der Waals surface area contributed by atoms with Crippen LogP contribution in [0.5, 0.6) is 11.5 Å². The minimum absolute atomic E-state index is 0.147. The summed E-state index contributed by atoms with van der Waals surface area (Å²) in [4.78, 5) is 18.4. The van der Waals surface area contributed by atoms with Gasteiger partial charge < -0.3 is 19.7 Å². The second kappa shape index (κ2) is 8.34. The second-order valence-corrected chi connectivity index (χ2v) is 5.65. The number of aromatic nitrogens is 1. The van der Waals surface area contributed by atoms with Gasteiger partial charge in [0.15, 0.2) is 6.23 Å². The summed E-state index contributed by atoms with van der Waals surface area (Å²) in [6, 6.07) is 10.9. The molecule has 0 saturated carbocycles. The van der Waals surface area contributed by atoms with Gasteiger partial charge in [-0.25, -0.2) is 4.79 Å². The number of amides is 2. The zero-order valence-electron chi connectivity index (χ0n) is 14.1. The van der Waals surface area contributed by atoms with Gasteiger partial charge in [0.1, 0.15) is 11.5 Å². The number of ether oxygens (including phenoxy) is 2. The Labute approximate surface area is 147 Å². The fourth-order valence-corrected chi connectivity index (χ4v) is 2.58. The largest absolute Gasteiger partial charge is 0.497 e. The number of benzene rings is 1. The summed E-state index contributed by atoms with van der Waals surface area (Å²) < 4.78 is 11.1. The molecular formula is C18H22N4O3. The average Bonchev–Trinajstić information content (AvgIpc) is 2.69. The lowest BCUT2D eigenvalue weighted by atomic mass is 10.2. The summed E-state index contributed by atoms with van der Waals surface area (Å²) >= 11 is 0. The molecule has 1 aromatic carbocycles. The summed E-state index contributed by atoms with van der Waals surface area (Å²) in [6.45, 7) is 2.94. The number of methoxy groups -OCH3 is 1. The Morgan fingerprint density at radius 1 is 1.20 bits per heavy atom. The Bertz CT molecular complexity index is 672. The maximum Gasteiger partial charge on any atom is 0.320 e. The smallest absolute Gasteiger partial charge is 0.320 e. The van der Waals surface area contributed by atoms with Crippen LogP contribution in [-0.2, 0) is 0 Å². The number of nitrogens with zero attached hydrogens (tertiary/aromatic N) is 2. The van der Waals surface area contributed by atoms with Crippen LogP contribution in [0.4, 0.5) is 4.79 Å². The van der Waals surface area contributed by atoms with Crippen molar-refractivity contribution in [3.63, 3.8) is 0 Å². The molecule has 0 unspecified atom stereocenters. The molecule has 2 aromatic rings. The highest BCUT2D eigenvalue weighted by Gasteiger charge is 2.22. The third-order valence-electron chi connectivity index (χ3n) is 3.97. The molecule has 0 bridgehead atoms. The molecule has 2 heterocycles. The molecule has 1 atom stereocenters. The summed E-state index contributed by atoms with van der Waals surface area (Å²) in [6.07, 6.45) is 2.68. The number of urea groups is 1. The van der Waals surface area contributed by atoms with E-state index in [2.05, 4.69) is 15.6 Å². The molecule has 1 aliphatic rings. The third-order valence-corrected chi connectivity index (χ3v) is 3.97. The van der Waals surface area contributed by atoms with Crippen molar-refractivity contribution < 1.29 is 14.3 Å². The van der Waals surface area contributed by atoms with Crippen LogP contribution < -0.4 is 20.1 Å². The standard InChI is InChI=1S/C18H22N4O3/c1-24-15-6-4-14(5-7-15)17(25-16-3-2-8-20-13-16)21-18(23)22-11-9-19-10-12-22/h2-8,13,17,19H,9-12H2,1H3,(H,21,23)/t17-/m1/s1. The van der Waals surface area contributed by atoms with Gasteiger partial charge in [0.2, 0.25) is 0 Å². The number of pyridine rings is 1. The molecule has 1 saturated heterocycles. The molecule has 0 radical (unpaired) electrons. The number of carbonyl (C=O) groups is 1. The summed E-state index contributed by atoms with van der Waals surface area (Å²) in [5.41, 5.74) is 0.827. The zero-order valence-corrected chi connectivity index (χ0v) is 14.1. The van der Waals surface area contributed by atoms with Crippen LogP contribution in [0.2, 0.25) is 0 Å². The lowest BCUT2D eigenvalue weighted by Crippen LogP contribution is -2.51. The van der Waals surface area contributed by atoms with E-state index in [1.165, 1.54) is 0 Å². The van der Waals surface area contributed by atoms with E-state index in [4.69, 9.17) is 9.47 Å². The van der Waals surface area contributed by atoms with Gasteiger partial charge in [-0.15, -0.1) is 0 Å². The van der Waals surface area contributed by atoms with Crippen LogP contribution in [0.25, 0.3) is 0 Å². The van der Waals surface area contributed by atoms with Crippen molar-refractivity contribution in [3.8, 4) is 11.5 Å². The number of nitrogens with one attached hydrogen (secondary N) is 2. The molecule has 2 amide bonds. The predicted molar refractivity (Wildman–Crippen MR) is 93.6 cm³/mol. The van der Waals surface area contributed by atoms with Gasteiger partial charge in [-0.3, -0.25) is 10.3 Å². The summed E-state index contributed by atoms with van der Waals surface area (Å²) in [5.74, 6) is 1.33. The quantitative estimate of drug-likeness (QED) is 0.810. The van der Waals surface area contributed by atoms with E-state index in [0.717, 1.165) is 24.4 Å². The highest BCUT2D eigenvalue weighted by Crippen LogP contribution is 2.22. The first kappa shape index (κ1) is 17.0. The van der Waals surface area contributed by atoms with E-state index in [1.807, 2.05) is 24.3 Å². The number of carbonyl (C=O) groups excluding carboxylic acids is 1. The Morgan fingerprint density at radius 2 is 1.96 bits per heavy atom. The van der Waals surface area contributed by atoms with E-state index in [-0.39, 0.29) is 6.03 Å². The summed E-state index contributed by atoms with van der Waals surface area (Å²) in [5, 5.41) is 6.19. The number of piperazine rings is 1. The van der Waals surface area contributed by atoms with E-state index in [0.29, 0.717) is 18.8 Å². The Kier molecular flexibility index (Phi) is 5.69. The highest BCUT2D eigenvalue weighted by molar-refractivity contribution is 5.74. The van der Waals surface area contributed by atoms with Crippen LogP contribution in [-0.4, -0.2) is 49.2 Å². The number of rotatable bonds is 5. The lowest BCUT2D eigenvalue weighted by Gasteiger charge is -2.30. The van der Waals surface area contributed by atoms with Crippen LogP contribution in [0.1, 0.15) is 11.8 Å². The van der Waals surface area contributed by atoms with E-state index < -0.39 is 6.23 Å². The van der Waals surface area contributed by atoms with Crippen molar-refractivity contribution in [3.05, 3.63) is 54.4 Å². The third kappa shape index (κ3) is 4.60. The van der Waals surface area contributed by atoms with Crippen LogP contribution >= 0.6 is 0 Å². The topological polar surface area (TPSA) is 75.7 Å². The van der Waals surface area contributed by atoms with Crippen molar-refractivity contribution in [2.45, 2.75) is 6.23 Å². The fourth-order valence-electron chi connectivity index (χ4n) is 2.58. The van der Waals surface area contributed by atoms with Crippen molar-refractivity contribution in [1.29, 1.82) is 0 Å². The van der Waals surface area contributed by atoms with E-state index in [9.17, 15) is 4.79 Å². The Morgan fingerprint density at radius 3 is 2.60 bits per heavy atom. The minimum Gasteiger partial charge on any atom is -0.497 e. The molecule has 0 aliphatic carbocycles. The molecule has 0 spiro atoms. The monoisotopic (exact) mass is 342 g/mol. The number of hydrogen-bond acceptors (Lipinski definition) is 5. The van der Waals surface area contributed by atoms with Crippen molar-refractivity contribution in [2.24, 2.45) is 0 Å². The SMILES string of the molecule is COc1ccc([C@H](NC(=O)N2CCNCC2)Oc2cccnc2)cc1. The molecular weight excluding hydrogens is 320 g/mol. The van der Waals surface area contributed by atoms with Crippen molar-refractivity contribution >= 4 is 6.03 Å². The first-order valence-electron chi connectivity index (χ1n) is 8.23. The zero-order chi connectivity index (χ0) is 17.5. The van der Waals surface area contributed by atoms with Gasteiger partial charge in [-0.2, -0.15) is 0 Å². The average molecular weight is 342 g/mol. The van der Waals surface area contributed by atoms with Gasteiger partial charge in [0.25, 0.3) is 0 Å². The molecule has 3 rings (SSSR count). The maximum absolute atomic E-state index is 12.6. The highest BCUT2D eigenvalue weighted by atomic mass is 16.5.